The molecule has 2 N–H and O–H groups in total. The Morgan fingerprint density at radius 3 is 2.62 bits per heavy atom. The molecule has 2 nitrogen and oxygen atoms in total. The van der Waals surface area contributed by atoms with E-state index in [4.69, 9.17) is 5.73 Å². The second-order valence-corrected chi connectivity index (χ2v) is 5.77. The van der Waals surface area contributed by atoms with Gasteiger partial charge in [0.2, 0.25) is 0 Å². The van der Waals surface area contributed by atoms with Gasteiger partial charge in [-0.3, -0.25) is 4.90 Å². The molecule has 0 spiro atoms. The molecule has 1 heterocycles. The van der Waals surface area contributed by atoms with Crippen LogP contribution in [0.15, 0.2) is 24.3 Å². The monoisotopic (exact) mass is 300 g/mol. The first-order valence-corrected chi connectivity index (χ1v) is 7.57. The summed E-state index contributed by atoms with van der Waals surface area (Å²) in [6, 6.07) is 5.72. The van der Waals surface area contributed by atoms with Crippen molar-refractivity contribution in [3.63, 3.8) is 0 Å². The Morgan fingerprint density at radius 2 is 1.95 bits per heavy atom. The molecule has 1 aliphatic heterocycles. The molecule has 0 saturated carbocycles. The van der Waals surface area contributed by atoms with E-state index in [1.807, 2.05) is 0 Å². The smallest absolute Gasteiger partial charge is 0.329 e. The van der Waals surface area contributed by atoms with Crippen LogP contribution in [0.3, 0.4) is 0 Å². The van der Waals surface area contributed by atoms with Gasteiger partial charge in [0.25, 0.3) is 0 Å². The highest BCUT2D eigenvalue weighted by Gasteiger charge is 2.36. The minimum atomic E-state index is -4.33. The molecular weight excluding hydrogens is 277 g/mol. The Labute approximate surface area is 124 Å². The van der Waals surface area contributed by atoms with E-state index in [9.17, 15) is 13.2 Å². The molecule has 0 aliphatic carbocycles. The molecule has 1 aliphatic rings. The van der Waals surface area contributed by atoms with Crippen molar-refractivity contribution in [1.82, 2.24) is 4.90 Å². The number of halogens is 3. The molecule has 1 aromatic rings. The van der Waals surface area contributed by atoms with E-state index < -0.39 is 11.7 Å². The molecule has 1 saturated heterocycles. The van der Waals surface area contributed by atoms with Crippen LogP contribution < -0.4 is 5.73 Å². The van der Waals surface area contributed by atoms with E-state index in [1.54, 1.807) is 12.1 Å². The molecular formula is C16H23F3N2. The summed E-state index contributed by atoms with van der Waals surface area (Å²) in [5, 5.41) is 0. The number of benzene rings is 1. The molecule has 2 rings (SSSR count). The number of nitrogens with zero attached hydrogens (tertiary/aromatic N) is 1. The van der Waals surface area contributed by atoms with Crippen LogP contribution in [-0.4, -0.2) is 24.0 Å². The van der Waals surface area contributed by atoms with E-state index in [0.29, 0.717) is 5.56 Å². The molecule has 0 bridgehead atoms. The van der Waals surface area contributed by atoms with Gasteiger partial charge in [-0.1, -0.05) is 31.0 Å². The largest absolute Gasteiger partial charge is 0.416 e. The lowest BCUT2D eigenvalue weighted by molar-refractivity contribution is -0.138. The highest BCUT2D eigenvalue weighted by Crippen LogP contribution is 2.37. The van der Waals surface area contributed by atoms with Gasteiger partial charge in [-0.2, -0.15) is 13.2 Å². The Kier molecular flexibility index (Phi) is 5.27. The van der Waals surface area contributed by atoms with E-state index in [0.717, 1.165) is 38.3 Å². The lowest BCUT2D eigenvalue weighted by Crippen LogP contribution is -2.40. The summed E-state index contributed by atoms with van der Waals surface area (Å²) in [5.74, 6) is 0. The number of likely N-dealkylation sites (tertiary alicyclic amines) is 1. The third kappa shape index (κ3) is 3.77. The topological polar surface area (TPSA) is 29.3 Å². The average Bonchev–Trinajstić information content (AvgIpc) is 2.65. The summed E-state index contributed by atoms with van der Waals surface area (Å²) in [6.45, 7) is 3.11. The van der Waals surface area contributed by atoms with Gasteiger partial charge in [-0.15, -0.1) is 0 Å². The maximum atomic E-state index is 13.2. The van der Waals surface area contributed by atoms with Gasteiger partial charge in [-0.25, -0.2) is 0 Å². The summed E-state index contributed by atoms with van der Waals surface area (Å²) in [4.78, 5) is 2.15. The highest BCUT2D eigenvalue weighted by molar-refractivity contribution is 5.33. The van der Waals surface area contributed by atoms with Gasteiger partial charge in [0.05, 0.1) is 5.56 Å². The van der Waals surface area contributed by atoms with E-state index in [1.165, 1.54) is 6.07 Å². The SMILES string of the molecule is CC1CCCCCN1C(CN)c1ccccc1C(F)(F)F. The average molecular weight is 300 g/mol. The molecule has 0 radical (unpaired) electrons. The van der Waals surface area contributed by atoms with Crippen LogP contribution in [0.5, 0.6) is 0 Å². The molecule has 1 aromatic carbocycles. The summed E-state index contributed by atoms with van der Waals surface area (Å²) in [6.07, 6.45) is -0.0201. The van der Waals surface area contributed by atoms with Crippen molar-refractivity contribution >= 4 is 0 Å². The standard InChI is InChI=1S/C16H23F3N2/c1-12-7-3-2-6-10-21(12)15(11-20)13-8-4-5-9-14(13)16(17,18)19/h4-5,8-9,12,15H,2-3,6-7,10-11,20H2,1H3. The third-order valence-corrected chi connectivity index (χ3v) is 4.35. The number of hydrogen-bond acceptors (Lipinski definition) is 2. The molecule has 0 aromatic heterocycles. The van der Waals surface area contributed by atoms with Crippen molar-refractivity contribution in [2.24, 2.45) is 5.73 Å². The normalized spacial score (nSPS) is 22.8. The summed E-state index contributed by atoms with van der Waals surface area (Å²) in [7, 11) is 0. The molecule has 21 heavy (non-hydrogen) atoms. The fraction of sp³-hybridized carbons (Fsp3) is 0.625. The fourth-order valence-electron chi connectivity index (χ4n) is 3.25. The van der Waals surface area contributed by atoms with Crippen LogP contribution in [0.2, 0.25) is 0 Å². The zero-order valence-corrected chi connectivity index (χ0v) is 12.4. The molecule has 2 unspecified atom stereocenters. The molecule has 1 fully saturated rings. The van der Waals surface area contributed by atoms with E-state index >= 15 is 0 Å². The van der Waals surface area contributed by atoms with Crippen LogP contribution in [0, 0.1) is 0 Å². The molecule has 0 amide bonds. The van der Waals surface area contributed by atoms with E-state index in [2.05, 4.69) is 11.8 Å². The Bertz CT molecular complexity index is 459. The highest BCUT2D eigenvalue weighted by atomic mass is 19.4. The number of nitrogens with two attached hydrogens (primary N) is 1. The van der Waals surface area contributed by atoms with Crippen molar-refractivity contribution in [1.29, 1.82) is 0 Å². The van der Waals surface area contributed by atoms with Crippen LogP contribution in [0.1, 0.15) is 49.8 Å². The number of rotatable bonds is 3. The zero-order valence-electron chi connectivity index (χ0n) is 12.4. The fourth-order valence-corrected chi connectivity index (χ4v) is 3.25. The molecule has 2 atom stereocenters. The van der Waals surface area contributed by atoms with E-state index in [-0.39, 0.29) is 18.6 Å². The quantitative estimate of drug-likeness (QED) is 0.915. The summed E-state index contributed by atoms with van der Waals surface area (Å²) < 4.78 is 39.7. The lowest BCUT2D eigenvalue weighted by Gasteiger charge is -2.36. The molecule has 118 valence electrons. The van der Waals surface area contributed by atoms with Gasteiger partial charge >= 0.3 is 6.18 Å². The van der Waals surface area contributed by atoms with Crippen LogP contribution in [0.25, 0.3) is 0 Å². The first kappa shape index (κ1) is 16.3. The van der Waals surface area contributed by atoms with Crippen molar-refractivity contribution in [2.75, 3.05) is 13.1 Å². The van der Waals surface area contributed by atoms with Gasteiger partial charge in [0.15, 0.2) is 0 Å². The van der Waals surface area contributed by atoms with Gasteiger partial charge in [0, 0.05) is 18.6 Å². The minimum Gasteiger partial charge on any atom is -0.329 e. The summed E-state index contributed by atoms with van der Waals surface area (Å²) in [5.41, 5.74) is 5.60. The van der Waals surface area contributed by atoms with Gasteiger partial charge in [0.1, 0.15) is 0 Å². The van der Waals surface area contributed by atoms with Gasteiger partial charge in [-0.05, 0) is 37.9 Å². The Hall–Kier alpha value is -1.07. The van der Waals surface area contributed by atoms with Gasteiger partial charge < -0.3 is 5.73 Å². The molecule has 5 heteroatoms. The zero-order chi connectivity index (χ0) is 15.5. The number of alkyl halides is 3. The minimum absolute atomic E-state index is 0.206. The first-order valence-electron chi connectivity index (χ1n) is 7.57. The van der Waals surface area contributed by atoms with Crippen molar-refractivity contribution in [3.05, 3.63) is 35.4 Å². The number of hydrogen-bond donors (Lipinski definition) is 1. The Morgan fingerprint density at radius 1 is 1.24 bits per heavy atom. The predicted molar refractivity (Wildman–Crippen MR) is 77.9 cm³/mol. The maximum Gasteiger partial charge on any atom is 0.416 e. The second-order valence-electron chi connectivity index (χ2n) is 5.77. The second kappa shape index (κ2) is 6.79. The third-order valence-electron chi connectivity index (χ3n) is 4.35. The Balaban J connectivity index is 2.37. The van der Waals surface area contributed by atoms with Crippen LogP contribution in [-0.2, 0) is 6.18 Å². The van der Waals surface area contributed by atoms with Crippen LogP contribution >= 0.6 is 0 Å². The van der Waals surface area contributed by atoms with Crippen molar-refractivity contribution < 1.29 is 13.2 Å². The summed E-state index contributed by atoms with van der Waals surface area (Å²) >= 11 is 0. The first-order chi connectivity index (χ1) is 9.95. The lowest BCUT2D eigenvalue weighted by atomic mass is 9.97. The van der Waals surface area contributed by atoms with Crippen LogP contribution in [0.4, 0.5) is 13.2 Å². The predicted octanol–water partition coefficient (Wildman–Crippen LogP) is 3.97. The van der Waals surface area contributed by atoms with Crippen molar-refractivity contribution in [2.45, 2.75) is 50.9 Å². The maximum absolute atomic E-state index is 13.2. The van der Waals surface area contributed by atoms with Crippen molar-refractivity contribution in [3.8, 4) is 0 Å².